The molecule has 0 unspecified atom stereocenters. The molecule has 0 aliphatic heterocycles. The van der Waals surface area contributed by atoms with Crippen molar-refractivity contribution >= 4 is 16.7 Å². The zero-order chi connectivity index (χ0) is 21.2. The SMILES string of the molecule is CCO[C@@H](Cc1ccc(OC)cc1)C(=O)O.C[C@H](N)c1cccc2ccccc12. The van der Waals surface area contributed by atoms with Crippen LogP contribution in [-0.2, 0) is 16.0 Å². The molecule has 3 rings (SSSR count). The Kier molecular flexibility index (Phi) is 8.65. The topological polar surface area (TPSA) is 81.8 Å². The van der Waals surface area contributed by atoms with Crippen molar-refractivity contribution in [2.75, 3.05) is 13.7 Å². The first-order valence-electron chi connectivity index (χ1n) is 9.66. The van der Waals surface area contributed by atoms with Crippen molar-refractivity contribution in [2.24, 2.45) is 5.73 Å². The maximum Gasteiger partial charge on any atom is 0.333 e. The van der Waals surface area contributed by atoms with Gasteiger partial charge in [0.2, 0.25) is 0 Å². The van der Waals surface area contributed by atoms with Gasteiger partial charge in [-0.1, -0.05) is 54.6 Å². The maximum absolute atomic E-state index is 10.9. The number of nitrogens with two attached hydrogens (primary N) is 1. The number of carboxylic acids is 1. The lowest BCUT2D eigenvalue weighted by Crippen LogP contribution is -2.26. The fourth-order valence-electron chi connectivity index (χ4n) is 3.04. The first kappa shape index (κ1) is 22.4. The molecular weight excluding hydrogens is 366 g/mol. The molecule has 0 spiro atoms. The minimum atomic E-state index is -0.933. The number of rotatable bonds is 7. The Hall–Kier alpha value is -2.89. The molecule has 0 saturated carbocycles. The second-order valence-electron chi connectivity index (χ2n) is 6.69. The van der Waals surface area contributed by atoms with Crippen LogP contribution in [0.1, 0.15) is 31.0 Å². The van der Waals surface area contributed by atoms with E-state index in [0.29, 0.717) is 13.0 Å². The Morgan fingerprint density at radius 1 is 1.03 bits per heavy atom. The molecule has 0 radical (unpaired) electrons. The third-order valence-electron chi connectivity index (χ3n) is 4.54. The standard InChI is InChI=1S/C12H13N.C12H16O4/c1-9(13)11-8-4-6-10-5-2-3-7-12(10)11;1-3-16-11(12(13)14)8-9-4-6-10(15-2)7-5-9/h2-9H,13H2,1H3;4-7,11H,3,8H2,1-2H3,(H,13,14)/t9-;11-/m00/s1. The van der Waals surface area contributed by atoms with Gasteiger partial charge in [0.05, 0.1) is 7.11 Å². The number of fused-ring (bicyclic) bond motifs is 1. The van der Waals surface area contributed by atoms with Gasteiger partial charge in [0, 0.05) is 19.1 Å². The van der Waals surface area contributed by atoms with E-state index in [9.17, 15) is 4.79 Å². The van der Waals surface area contributed by atoms with Crippen molar-refractivity contribution in [1.29, 1.82) is 0 Å². The van der Waals surface area contributed by atoms with E-state index >= 15 is 0 Å². The van der Waals surface area contributed by atoms with Gasteiger partial charge in [0.15, 0.2) is 6.10 Å². The summed E-state index contributed by atoms with van der Waals surface area (Å²) in [5, 5.41) is 11.4. The minimum absolute atomic E-state index is 0.103. The molecule has 2 atom stereocenters. The number of methoxy groups -OCH3 is 1. The van der Waals surface area contributed by atoms with Crippen LogP contribution in [0.5, 0.6) is 5.75 Å². The summed E-state index contributed by atoms with van der Waals surface area (Å²) in [6.45, 7) is 4.19. The Morgan fingerprint density at radius 3 is 2.28 bits per heavy atom. The highest BCUT2D eigenvalue weighted by Gasteiger charge is 2.17. The third kappa shape index (κ3) is 6.59. The number of carbonyl (C=O) groups is 1. The molecule has 29 heavy (non-hydrogen) atoms. The monoisotopic (exact) mass is 395 g/mol. The van der Waals surface area contributed by atoms with Gasteiger partial charge in [0.25, 0.3) is 0 Å². The van der Waals surface area contributed by atoms with Crippen LogP contribution in [0.4, 0.5) is 0 Å². The van der Waals surface area contributed by atoms with E-state index in [-0.39, 0.29) is 6.04 Å². The smallest absolute Gasteiger partial charge is 0.333 e. The Morgan fingerprint density at radius 2 is 1.69 bits per heavy atom. The minimum Gasteiger partial charge on any atom is -0.497 e. The zero-order valence-corrected chi connectivity index (χ0v) is 17.2. The molecule has 0 aliphatic rings. The van der Waals surface area contributed by atoms with Crippen LogP contribution in [0.3, 0.4) is 0 Å². The zero-order valence-electron chi connectivity index (χ0n) is 17.2. The lowest BCUT2D eigenvalue weighted by molar-refractivity contribution is -0.149. The van der Waals surface area contributed by atoms with Crippen molar-refractivity contribution < 1.29 is 19.4 Å². The summed E-state index contributed by atoms with van der Waals surface area (Å²) >= 11 is 0. The number of benzene rings is 3. The first-order chi connectivity index (χ1) is 14.0. The van der Waals surface area contributed by atoms with Gasteiger partial charge in [-0.3, -0.25) is 0 Å². The molecule has 0 heterocycles. The number of carboxylic acid groups (broad SMARTS) is 1. The largest absolute Gasteiger partial charge is 0.497 e. The predicted octanol–water partition coefficient (Wildman–Crippen LogP) is 4.59. The number of aliphatic carboxylic acids is 1. The lowest BCUT2D eigenvalue weighted by Gasteiger charge is -2.12. The highest BCUT2D eigenvalue weighted by Crippen LogP contribution is 2.22. The molecule has 3 aromatic carbocycles. The molecule has 0 aliphatic carbocycles. The number of hydrogen-bond acceptors (Lipinski definition) is 4. The second-order valence-corrected chi connectivity index (χ2v) is 6.69. The highest BCUT2D eigenvalue weighted by atomic mass is 16.5. The fourth-order valence-corrected chi connectivity index (χ4v) is 3.04. The fraction of sp³-hybridized carbons (Fsp3) is 0.292. The average molecular weight is 395 g/mol. The molecule has 0 bridgehead atoms. The summed E-state index contributed by atoms with van der Waals surface area (Å²) in [4.78, 5) is 10.9. The van der Waals surface area contributed by atoms with Crippen LogP contribution in [0, 0.1) is 0 Å². The van der Waals surface area contributed by atoms with Crippen LogP contribution in [0.25, 0.3) is 10.8 Å². The van der Waals surface area contributed by atoms with Crippen molar-refractivity contribution in [3.63, 3.8) is 0 Å². The van der Waals surface area contributed by atoms with Gasteiger partial charge in [-0.15, -0.1) is 0 Å². The molecule has 3 N–H and O–H groups in total. The average Bonchev–Trinajstić information content (AvgIpc) is 2.74. The Labute approximate surface area is 172 Å². The Balaban J connectivity index is 0.000000211. The third-order valence-corrected chi connectivity index (χ3v) is 4.54. The lowest BCUT2D eigenvalue weighted by atomic mass is 10.0. The van der Waals surface area contributed by atoms with E-state index in [2.05, 4.69) is 30.3 Å². The van der Waals surface area contributed by atoms with Gasteiger partial charge < -0.3 is 20.3 Å². The Bertz CT molecular complexity index is 901. The molecule has 5 nitrogen and oxygen atoms in total. The van der Waals surface area contributed by atoms with Crippen molar-refractivity contribution in [1.82, 2.24) is 0 Å². The highest BCUT2D eigenvalue weighted by molar-refractivity contribution is 5.86. The molecule has 0 amide bonds. The molecule has 3 aromatic rings. The van der Waals surface area contributed by atoms with Crippen LogP contribution in [0.2, 0.25) is 0 Å². The molecule has 0 fully saturated rings. The van der Waals surface area contributed by atoms with E-state index in [1.807, 2.05) is 31.2 Å². The van der Waals surface area contributed by atoms with E-state index < -0.39 is 12.1 Å². The summed E-state index contributed by atoms with van der Waals surface area (Å²) < 4.78 is 10.2. The maximum atomic E-state index is 10.9. The van der Waals surface area contributed by atoms with E-state index in [1.54, 1.807) is 26.2 Å². The predicted molar refractivity (Wildman–Crippen MR) is 116 cm³/mol. The summed E-state index contributed by atoms with van der Waals surface area (Å²) in [5.41, 5.74) is 8.02. The molecule has 0 saturated heterocycles. The molecule has 154 valence electrons. The number of ether oxygens (including phenoxy) is 2. The van der Waals surface area contributed by atoms with Gasteiger partial charge in [-0.2, -0.15) is 0 Å². The summed E-state index contributed by atoms with van der Waals surface area (Å²) in [6.07, 6.45) is -0.411. The first-order valence-corrected chi connectivity index (χ1v) is 9.66. The second kappa shape index (κ2) is 11.2. The van der Waals surface area contributed by atoms with E-state index in [4.69, 9.17) is 20.3 Å². The van der Waals surface area contributed by atoms with E-state index in [0.717, 1.165) is 11.3 Å². The quantitative estimate of drug-likeness (QED) is 0.612. The van der Waals surface area contributed by atoms with Gasteiger partial charge in [-0.05, 0) is 47.9 Å². The molecular formula is C24H29NO4. The van der Waals surface area contributed by atoms with Crippen molar-refractivity contribution in [2.45, 2.75) is 32.4 Å². The van der Waals surface area contributed by atoms with Crippen LogP contribution >= 0.6 is 0 Å². The molecule has 0 aromatic heterocycles. The van der Waals surface area contributed by atoms with Crippen molar-refractivity contribution in [3.8, 4) is 5.75 Å². The van der Waals surface area contributed by atoms with Gasteiger partial charge >= 0.3 is 5.97 Å². The van der Waals surface area contributed by atoms with Crippen LogP contribution < -0.4 is 10.5 Å². The summed E-state index contributed by atoms with van der Waals surface area (Å²) in [6, 6.07) is 22.0. The van der Waals surface area contributed by atoms with Crippen LogP contribution in [0.15, 0.2) is 66.7 Å². The van der Waals surface area contributed by atoms with E-state index in [1.165, 1.54) is 16.3 Å². The summed E-state index contributed by atoms with van der Waals surface area (Å²) in [7, 11) is 1.59. The molecule has 5 heteroatoms. The van der Waals surface area contributed by atoms with Crippen molar-refractivity contribution in [3.05, 3.63) is 77.9 Å². The van der Waals surface area contributed by atoms with Gasteiger partial charge in [0.1, 0.15) is 5.75 Å². The number of hydrogen-bond donors (Lipinski definition) is 2. The normalized spacial score (nSPS) is 12.6. The van der Waals surface area contributed by atoms with Gasteiger partial charge in [-0.25, -0.2) is 4.79 Å². The van der Waals surface area contributed by atoms with Crippen LogP contribution in [-0.4, -0.2) is 30.9 Å². The summed E-state index contributed by atoms with van der Waals surface area (Å²) in [5.74, 6) is -0.176.